The first-order chi connectivity index (χ1) is 6.56. The van der Waals surface area contributed by atoms with Gasteiger partial charge < -0.3 is 4.74 Å². The van der Waals surface area contributed by atoms with Gasteiger partial charge in [-0.05, 0) is 25.7 Å². The molecule has 14 heavy (non-hydrogen) atoms. The Kier molecular flexibility index (Phi) is 7.42. The van der Waals surface area contributed by atoms with Crippen molar-refractivity contribution in [1.82, 2.24) is 5.43 Å². The molecule has 0 heterocycles. The molecular formula is C10H22N2O2. The lowest BCUT2D eigenvalue weighted by atomic mass is 10.1. The number of ether oxygens (including phenoxy) is 1. The van der Waals surface area contributed by atoms with Crippen molar-refractivity contribution < 1.29 is 9.53 Å². The molecule has 0 aliphatic carbocycles. The molecule has 1 amide bonds. The lowest BCUT2D eigenvalue weighted by molar-refractivity contribution is -0.121. The van der Waals surface area contributed by atoms with Crippen LogP contribution in [-0.2, 0) is 9.53 Å². The summed E-state index contributed by atoms with van der Waals surface area (Å²) < 4.78 is 5.53. The summed E-state index contributed by atoms with van der Waals surface area (Å²) in [6.07, 6.45) is 2.50. The highest BCUT2D eigenvalue weighted by molar-refractivity contribution is 5.75. The second-order valence-corrected chi connectivity index (χ2v) is 3.98. The van der Waals surface area contributed by atoms with Crippen molar-refractivity contribution in [3.05, 3.63) is 0 Å². The highest BCUT2D eigenvalue weighted by atomic mass is 16.5. The summed E-state index contributed by atoms with van der Waals surface area (Å²) in [5.41, 5.74) is 2.09. The van der Waals surface area contributed by atoms with Gasteiger partial charge in [0.05, 0.1) is 6.10 Å². The molecular weight excluding hydrogens is 180 g/mol. The van der Waals surface area contributed by atoms with Crippen LogP contribution in [0.15, 0.2) is 0 Å². The van der Waals surface area contributed by atoms with Gasteiger partial charge >= 0.3 is 0 Å². The quantitative estimate of drug-likeness (QED) is 0.282. The van der Waals surface area contributed by atoms with Gasteiger partial charge in [0.2, 0.25) is 5.91 Å². The van der Waals surface area contributed by atoms with E-state index < -0.39 is 0 Å². The molecule has 0 bridgehead atoms. The zero-order valence-corrected chi connectivity index (χ0v) is 9.38. The molecule has 84 valence electrons. The number of nitrogens with one attached hydrogen (secondary N) is 1. The molecule has 1 atom stereocenters. The van der Waals surface area contributed by atoms with Crippen LogP contribution >= 0.6 is 0 Å². The van der Waals surface area contributed by atoms with Gasteiger partial charge in [0.1, 0.15) is 0 Å². The number of carbonyl (C=O) groups excluding carboxylic acids is 1. The Labute approximate surface area is 86.2 Å². The standard InChI is InChI=1S/C10H22N2O2/c1-8(2)7-9(3)14-6-4-5-10(13)12-11/h8-9H,4-7,11H2,1-3H3,(H,12,13). The topological polar surface area (TPSA) is 64.3 Å². The summed E-state index contributed by atoms with van der Waals surface area (Å²) in [7, 11) is 0. The number of hydrogen-bond acceptors (Lipinski definition) is 3. The van der Waals surface area contributed by atoms with Gasteiger partial charge in [-0.2, -0.15) is 0 Å². The zero-order chi connectivity index (χ0) is 11.0. The maximum atomic E-state index is 10.7. The van der Waals surface area contributed by atoms with Crippen LogP contribution in [0.5, 0.6) is 0 Å². The Hall–Kier alpha value is -0.610. The predicted molar refractivity (Wildman–Crippen MR) is 56.4 cm³/mol. The molecule has 0 aromatic carbocycles. The minimum Gasteiger partial charge on any atom is -0.378 e. The maximum Gasteiger partial charge on any atom is 0.233 e. The molecule has 0 aromatic heterocycles. The first kappa shape index (κ1) is 13.4. The number of hydrogen-bond donors (Lipinski definition) is 2. The van der Waals surface area contributed by atoms with E-state index in [4.69, 9.17) is 10.6 Å². The molecule has 3 N–H and O–H groups in total. The van der Waals surface area contributed by atoms with E-state index in [1.807, 2.05) is 0 Å². The first-order valence-electron chi connectivity index (χ1n) is 5.17. The maximum absolute atomic E-state index is 10.7. The number of amides is 1. The average Bonchev–Trinajstić information content (AvgIpc) is 2.10. The fourth-order valence-electron chi connectivity index (χ4n) is 1.32. The van der Waals surface area contributed by atoms with Gasteiger partial charge in [0, 0.05) is 13.0 Å². The molecule has 0 aliphatic rings. The average molecular weight is 202 g/mol. The van der Waals surface area contributed by atoms with E-state index in [0.717, 1.165) is 12.8 Å². The Morgan fingerprint density at radius 3 is 2.57 bits per heavy atom. The minimum atomic E-state index is -0.134. The normalized spacial score (nSPS) is 12.9. The van der Waals surface area contributed by atoms with E-state index in [1.54, 1.807) is 0 Å². The van der Waals surface area contributed by atoms with Crippen molar-refractivity contribution in [3.8, 4) is 0 Å². The second-order valence-electron chi connectivity index (χ2n) is 3.98. The van der Waals surface area contributed by atoms with Crippen LogP contribution in [0.1, 0.15) is 40.0 Å². The molecule has 0 spiro atoms. The van der Waals surface area contributed by atoms with Crippen LogP contribution in [0.25, 0.3) is 0 Å². The van der Waals surface area contributed by atoms with Gasteiger partial charge in [-0.3, -0.25) is 10.2 Å². The van der Waals surface area contributed by atoms with Gasteiger partial charge in [-0.15, -0.1) is 0 Å². The van der Waals surface area contributed by atoms with E-state index >= 15 is 0 Å². The molecule has 0 aliphatic heterocycles. The van der Waals surface area contributed by atoms with Crippen molar-refractivity contribution in [2.75, 3.05) is 6.61 Å². The van der Waals surface area contributed by atoms with Gasteiger partial charge in [-0.25, -0.2) is 5.84 Å². The summed E-state index contributed by atoms with van der Waals surface area (Å²) >= 11 is 0. The third-order valence-electron chi connectivity index (χ3n) is 1.91. The molecule has 0 saturated heterocycles. The highest BCUT2D eigenvalue weighted by Gasteiger charge is 2.05. The largest absolute Gasteiger partial charge is 0.378 e. The van der Waals surface area contributed by atoms with E-state index in [9.17, 15) is 4.79 Å². The monoisotopic (exact) mass is 202 g/mol. The number of rotatable bonds is 7. The van der Waals surface area contributed by atoms with Crippen molar-refractivity contribution >= 4 is 5.91 Å². The molecule has 0 fully saturated rings. The smallest absolute Gasteiger partial charge is 0.233 e. The van der Waals surface area contributed by atoms with E-state index in [-0.39, 0.29) is 12.0 Å². The first-order valence-corrected chi connectivity index (χ1v) is 5.17. The summed E-state index contributed by atoms with van der Waals surface area (Å²) in [5.74, 6) is 5.46. The fourth-order valence-corrected chi connectivity index (χ4v) is 1.32. The molecule has 1 unspecified atom stereocenters. The lowest BCUT2D eigenvalue weighted by Crippen LogP contribution is -2.30. The van der Waals surface area contributed by atoms with Gasteiger partial charge in [-0.1, -0.05) is 13.8 Å². The van der Waals surface area contributed by atoms with Crippen LogP contribution < -0.4 is 11.3 Å². The molecule has 4 heteroatoms. The van der Waals surface area contributed by atoms with Crippen LogP contribution in [0.4, 0.5) is 0 Å². The van der Waals surface area contributed by atoms with Crippen LogP contribution in [0, 0.1) is 5.92 Å². The van der Waals surface area contributed by atoms with Gasteiger partial charge in [0.15, 0.2) is 0 Å². The van der Waals surface area contributed by atoms with E-state index in [2.05, 4.69) is 26.2 Å². The Morgan fingerprint density at radius 1 is 1.43 bits per heavy atom. The van der Waals surface area contributed by atoms with Crippen LogP contribution in [-0.4, -0.2) is 18.6 Å². The Bertz CT molecular complexity index is 160. The Balaban J connectivity index is 3.31. The van der Waals surface area contributed by atoms with E-state index in [0.29, 0.717) is 18.9 Å². The van der Waals surface area contributed by atoms with E-state index in [1.165, 1.54) is 0 Å². The highest BCUT2D eigenvalue weighted by Crippen LogP contribution is 2.07. The van der Waals surface area contributed by atoms with Crippen molar-refractivity contribution in [2.45, 2.75) is 46.1 Å². The second kappa shape index (κ2) is 7.76. The predicted octanol–water partition coefficient (Wildman–Crippen LogP) is 1.21. The summed E-state index contributed by atoms with van der Waals surface area (Å²) in [5, 5.41) is 0. The molecule has 0 radical (unpaired) electrons. The summed E-state index contributed by atoms with van der Waals surface area (Å²) in [6, 6.07) is 0. The lowest BCUT2D eigenvalue weighted by Gasteiger charge is -2.14. The van der Waals surface area contributed by atoms with Crippen molar-refractivity contribution in [1.29, 1.82) is 0 Å². The number of hydrazine groups is 1. The number of nitrogens with two attached hydrogens (primary N) is 1. The molecule has 0 saturated carbocycles. The number of carbonyl (C=O) groups is 1. The third kappa shape index (κ3) is 8.01. The SMILES string of the molecule is CC(C)CC(C)OCCCC(=O)NN. The minimum absolute atomic E-state index is 0.134. The third-order valence-corrected chi connectivity index (χ3v) is 1.91. The molecule has 0 rings (SSSR count). The van der Waals surface area contributed by atoms with Crippen molar-refractivity contribution in [3.63, 3.8) is 0 Å². The molecule has 4 nitrogen and oxygen atoms in total. The summed E-state index contributed by atoms with van der Waals surface area (Å²) in [6.45, 7) is 7.02. The van der Waals surface area contributed by atoms with Crippen LogP contribution in [0.3, 0.4) is 0 Å². The van der Waals surface area contributed by atoms with Crippen molar-refractivity contribution in [2.24, 2.45) is 11.8 Å². The Morgan fingerprint density at radius 2 is 2.07 bits per heavy atom. The summed E-state index contributed by atoms with van der Waals surface area (Å²) in [4.78, 5) is 10.7. The van der Waals surface area contributed by atoms with Gasteiger partial charge in [0.25, 0.3) is 0 Å². The molecule has 0 aromatic rings. The fraction of sp³-hybridized carbons (Fsp3) is 0.900. The van der Waals surface area contributed by atoms with Crippen LogP contribution in [0.2, 0.25) is 0 Å². The zero-order valence-electron chi connectivity index (χ0n) is 9.38.